The highest BCUT2D eigenvalue weighted by atomic mass is 14.1. The minimum absolute atomic E-state index is 0.986. The van der Waals surface area contributed by atoms with Gasteiger partial charge in [-0.3, -0.25) is 0 Å². The Labute approximate surface area is 192 Å². The fourth-order valence-electron chi connectivity index (χ4n) is 4.06. The van der Waals surface area contributed by atoms with Crippen LogP contribution in [0.25, 0.3) is 10.8 Å². The van der Waals surface area contributed by atoms with Crippen LogP contribution in [0.5, 0.6) is 0 Å². The second-order valence-electron chi connectivity index (χ2n) is 8.23. The van der Waals surface area contributed by atoms with Crippen LogP contribution in [0.3, 0.4) is 0 Å². The second kappa shape index (κ2) is 9.60. The molecule has 0 bridgehead atoms. The summed E-state index contributed by atoms with van der Waals surface area (Å²) in [7, 11) is 0. The number of hydrogen-bond acceptors (Lipinski definition) is 0. The van der Waals surface area contributed by atoms with Crippen molar-refractivity contribution < 1.29 is 0 Å². The highest BCUT2D eigenvalue weighted by molar-refractivity contribution is 5.93. The van der Waals surface area contributed by atoms with Gasteiger partial charge in [-0.25, -0.2) is 0 Å². The van der Waals surface area contributed by atoms with Gasteiger partial charge in [0.25, 0.3) is 0 Å². The summed E-state index contributed by atoms with van der Waals surface area (Å²) in [4.78, 5) is 0. The normalized spacial score (nSPS) is 10.2. The maximum atomic E-state index is 3.43. The number of fused-ring (bicyclic) bond motifs is 1. The molecule has 4 aromatic rings. The zero-order valence-corrected chi connectivity index (χ0v) is 19.3. The van der Waals surface area contributed by atoms with Crippen LogP contribution < -0.4 is 0 Å². The van der Waals surface area contributed by atoms with Gasteiger partial charge < -0.3 is 0 Å². The van der Waals surface area contributed by atoms with Gasteiger partial charge in [-0.05, 0) is 72.9 Å². The molecule has 4 aromatic carbocycles. The third-order valence-corrected chi connectivity index (χ3v) is 5.87. The molecule has 0 atom stereocenters. The standard InChI is InChI=1S/C32H28/c1-5-25-21-23(3)11-13-27(25)15-17-29-19-20-30(32-10-8-7-9-31(29)32)18-16-28-14-12-24(4)22-26(28)6-2/h7-14,19-22H,5-6H2,1-4H3. The smallest absolute Gasteiger partial charge is 0.0328 e. The van der Waals surface area contributed by atoms with E-state index in [4.69, 9.17) is 0 Å². The lowest BCUT2D eigenvalue weighted by atomic mass is 9.98. The summed E-state index contributed by atoms with van der Waals surface area (Å²) in [6.45, 7) is 8.62. The number of benzene rings is 4. The van der Waals surface area contributed by atoms with Crippen LogP contribution in [0.2, 0.25) is 0 Å². The van der Waals surface area contributed by atoms with Gasteiger partial charge in [0, 0.05) is 22.3 Å². The minimum Gasteiger partial charge on any atom is -0.0616 e. The maximum absolute atomic E-state index is 3.43. The molecular weight excluding hydrogens is 384 g/mol. The molecule has 0 heteroatoms. The van der Waals surface area contributed by atoms with Gasteiger partial charge >= 0.3 is 0 Å². The molecule has 0 spiro atoms. The molecule has 0 unspecified atom stereocenters. The Bertz CT molecular complexity index is 1300. The van der Waals surface area contributed by atoms with E-state index in [2.05, 4.69) is 124 Å². The Morgan fingerprint density at radius 2 is 0.875 bits per heavy atom. The van der Waals surface area contributed by atoms with Crippen molar-refractivity contribution in [2.75, 3.05) is 0 Å². The van der Waals surface area contributed by atoms with E-state index in [1.165, 1.54) is 22.3 Å². The Kier molecular flexibility index (Phi) is 6.44. The third kappa shape index (κ3) is 4.61. The first-order valence-corrected chi connectivity index (χ1v) is 11.3. The quantitative estimate of drug-likeness (QED) is 0.301. The van der Waals surface area contributed by atoms with Crippen LogP contribution in [0, 0.1) is 37.5 Å². The Morgan fingerprint density at radius 3 is 1.28 bits per heavy atom. The molecule has 156 valence electrons. The molecule has 0 aliphatic carbocycles. The largest absolute Gasteiger partial charge is 0.0616 e. The van der Waals surface area contributed by atoms with E-state index in [9.17, 15) is 0 Å². The Balaban J connectivity index is 1.76. The highest BCUT2D eigenvalue weighted by Gasteiger charge is 2.04. The summed E-state index contributed by atoms with van der Waals surface area (Å²) in [5, 5.41) is 2.30. The van der Waals surface area contributed by atoms with Gasteiger partial charge in [-0.1, -0.05) is 97.2 Å². The van der Waals surface area contributed by atoms with Crippen LogP contribution >= 0.6 is 0 Å². The Hall–Kier alpha value is -3.74. The van der Waals surface area contributed by atoms with Crippen LogP contribution in [0.4, 0.5) is 0 Å². The topological polar surface area (TPSA) is 0 Å². The van der Waals surface area contributed by atoms with Crippen molar-refractivity contribution in [2.24, 2.45) is 0 Å². The average Bonchev–Trinajstić information content (AvgIpc) is 2.82. The van der Waals surface area contributed by atoms with E-state index in [1.807, 2.05) is 0 Å². The molecule has 0 fully saturated rings. The van der Waals surface area contributed by atoms with E-state index in [1.54, 1.807) is 0 Å². The lowest BCUT2D eigenvalue weighted by Gasteiger charge is -2.05. The van der Waals surface area contributed by atoms with Crippen molar-refractivity contribution >= 4 is 10.8 Å². The third-order valence-electron chi connectivity index (χ3n) is 5.87. The lowest BCUT2D eigenvalue weighted by molar-refractivity contribution is 1.12. The van der Waals surface area contributed by atoms with Gasteiger partial charge in [0.1, 0.15) is 0 Å². The van der Waals surface area contributed by atoms with E-state index < -0.39 is 0 Å². The zero-order chi connectivity index (χ0) is 22.5. The lowest BCUT2D eigenvalue weighted by Crippen LogP contribution is -1.90. The van der Waals surface area contributed by atoms with E-state index in [0.717, 1.165) is 45.9 Å². The van der Waals surface area contributed by atoms with E-state index >= 15 is 0 Å². The van der Waals surface area contributed by atoms with Gasteiger partial charge in [0.2, 0.25) is 0 Å². The fraction of sp³-hybridized carbons (Fsp3) is 0.188. The van der Waals surface area contributed by atoms with Crippen molar-refractivity contribution in [3.63, 3.8) is 0 Å². The maximum Gasteiger partial charge on any atom is 0.0328 e. The molecule has 4 rings (SSSR count). The molecule has 0 radical (unpaired) electrons. The predicted octanol–water partition coefficient (Wildman–Crippen LogP) is 7.38. The van der Waals surface area contributed by atoms with Gasteiger partial charge in [-0.2, -0.15) is 0 Å². The first-order chi connectivity index (χ1) is 15.6. The number of aryl methyl sites for hydroxylation is 4. The molecule has 0 saturated heterocycles. The molecule has 0 amide bonds. The molecule has 0 nitrogen and oxygen atoms in total. The first-order valence-electron chi connectivity index (χ1n) is 11.3. The van der Waals surface area contributed by atoms with Crippen molar-refractivity contribution in [2.45, 2.75) is 40.5 Å². The summed E-state index contributed by atoms with van der Waals surface area (Å²) in [6.07, 6.45) is 1.97. The van der Waals surface area contributed by atoms with Crippen LogP contribution in [-0.2, 0) is 12.8 Å². The predicted molar refractivity (Wildman–Crippen MR) is 137 cm³/mol. The van der Waals surface area contributed by atoms with Crippen LogP contribution in [-0.4, -0.2) is 0 Å². The summed E-state index contributed by atoms with van der Waals surface area (Å²) in [5.74, 6) is 13.7. The molecule has 0 aliphatic rings. The molecule has 0 aromatic heterocycles. The monoisotopic (exact) mass is 412 g/mol. The average molecular weight is 413 g/mol. The molecule has 32 heavy (non-hydrogen) atoms. The first kappa shape index (κ1) is 21.5. The number of hydrogen-bond donors (Lipinski definition) is 0. The summed E-state index contributed by atoms with van der Waals surface area (Å²) in [6, 6.07) is 25.6. The van der Waals surface area contributed by atoms with Crippen molar-refractivity contribution in [3.05, 3.63) is 117 Å². The van der Waals surface area contributed by atoms with Crippen molar-refractivity contribution in [1.29, 1.82) is 0 Å². The Morgan fingerprint density at radius 1 is 0.500 bits per heavy atom. The SMILES string of the molecule is CCc1cc(C)ccc1C#Cc1ccc(C#Cc2ccc(C)cc2CC)c2ccccc12. The summed E-state index contributed by atoms with van der Waals surface area (Å²) in [5.41, 5.74) is 9.45. The van der Waals surface area contributed by atoms with Gasteiger partial charge in [0.15, 0.2) is 0 Å². The summed E-state index contributed by atoms with van der Waals surface area (Å²) < 4.78 is 0. The van der Waals surface area contributed by atoms with Gasteiger partial charge in [-0.15, -0.1) is 0 Å². The molecule has 0 aliphatic heterocycles. The minimum atomic E-state index is 0.986. The fourth-order valence-corrected chi connectivity index (χ4v) is 4.06. The van der Waals surface area contributed by atoms with Crippen molar-refractivity contribution in [1.82, 2.24) is 0 Å². The van der Waals surface area contributed by atoms with E-state index in [-0.39, 0.29) is 0 Å². The zero-order valence-electron chi connectivity index (χ0n) is 19.3. The van der Waals surface area contributed by atoms with Crippen LogP contribution in [0.1, 0.15) is 58.4 Å². The van der Waals surface area contributed by atoms with E-state index in [0.29, 0.717) is 0 Å². The highest BCUT2D eigenvalue weighted by Crippen LogP contribution is 2.23. The van der Waals surface area contributed by atoms with Crippen LogP contribution in [0.15, 0.2) is 72.8 Å². The molecule has 0 saturated carbocycles. The van der Waals surface area contributed by atoms with Gasteiger partial charge in [0.05, 0.1) is 0 Å². The summed E-state index contributed by atoms with van der Waals surface area (Å²) >= 11 is 0. The molecule has 0 N–H and O–H groups in total. The number of rotatable bonds is 2. The molecule has 0 heterocycles. The van der Waals surface area contributed by atoms with Crippen molar-refractivity contribution in [3.8, 4) is 23.7 Å². The second-order valence-corrected chi connectivity index (χ2v) is 8.23. The molecular formula is C32H28.